The minimum atomic E-state index is -4.56. The molecule has 38 heavy (non-hydrogen) atoms. The van der Waals surface area contributed by atoms with Crippen LogP contribution < -0.4 is 10.3 Å². The van der Waals surface area contributed by atoms with Gasteiger partial charge in [0, 0.05) is 32.5 Å². The number of hydrazine groups is 1. The van der Waals surface area contributed by atoms with E-state index in [1.165, 1.54) is 25.3 Å². The number of pyridine rings is 1. The van der Waals surface area contributed by atoms with Crippen molar-refractivity contribution in [3.8, 4) is 0 Å². The molecule has 2 aliphatic rings. The Morgan fingerprint density at radius 3 is 2.47 bits per heavy atom. The highest BCUT2D eigenvalue weighted by Crippen LogP contribution is 2.44. The van der Waals surface area contributed by atoms with Crippen molar-refractivity contribution in [2.24, 2.45) is 5.41 Å². The van der Waals surface area contributed by atoms with Crippen molar-refractivity contribution in [1.29, 1.82) is 0 Å². The quantitative estimate of drug-likeness (QED) is 0.409. The maximum atomic E-state index is 13.4. The SMILES string of the molecule is COC1C(CNC(=O)C2(C)CCCC2S(=O)(=O)c2ccc(F)cc2)=CN(c2ccc(C(F)(F)F)nc2)N1C. The van der Waals surface area contributed by atoms with Crippen LogP contribution in [0.2, 0.25) is 0 Å². The molecule has 1 N–H and O–H groups in total. The summed E-state index contributed by atoms with van der Waals surface area (Å²) in [5.74, 6) is -1.00. The van der Waals surface area contributed by atoms with E-state index in [9.17, 15) is 30.8 Å². The maximum absolute atomic E-state index is 13.4. The topological polar surface area (TPSA) is 91.8 Å². The highest BCUT2D eigenvalue weighted by atomic mass is 32.2. The average Bonchev–Trinajstić information content (AvgIpc) is 3.43. The maximum Gasteiger partial charge on any atom is 0.433 e. The number of alkyl halides is 3. The van der Waals surface area contributed by atoms with Gasteiger partial charge in [0.1, 0.15) is 11.5 Å². The first-order chi connectivity index (χ1) is 17.8. The number of hydrogen-bond donors (Lipinski definition) is 1. The molecule has 2 aromatic rings. The molecule has 0 bridgehead atoms. The van der Waals surface area contributed by atoms with Gasteiger partial charge in [-0.3, -0.25) is 9.80 Å². The van der Waals surface area contributed by atoms with E-state index in [4.69, 9.17) is 4.74 Å². The number of nitrogens with one attached hydrogen (secondary N) is 1. The van der Waals surface area contributed by atoms with E-state index >= 15 is 0 Å². The summed E-state index contributed by atoms with van der Waals surface area (Å²) in [4.78, 5) is 16.8. The second-order valence-electron chi connectivity index (χ2n) is 9.59. The molecule has 0 radical (unpaired) electrons. The molecule has 4 rings (SSSR count). The van der Waals surface area contributed by atoms with Crippen molar-refractivity contribution < 1.29 is 35.5 Å². The number of sulfone groups is 1. The highest BCUT2D eigenvalue weighted by molar-refractivity contribution is 7.92. The first-order valence-corrected chi connectivity index (χ1v) is 13.4. The van der Waals surface area contributed by atoms with Gasteiger partial charge in [0.2, 0.25) is 5.91 Å². The molecule has 1 saturated carbocycles. The van der Waals surface area contributed by atoms with Gasteiger partial charge < -0.3 is 10.1 Å². The smallest absolute Gasteiger partial charge is 0.361 e. The van der Waals surface area contributed by atoms with Crippen LogP contribution in [-0.4, -0.2) is 56.5 Å². The predicted molar refractivity (Wildman–Crippen MR) is 131 cm³/mol. The minimum Gasteiger partial charge on any atom is -0.361 e. The normalized spacial score (nSPS) is 24.5. The summed E-state index contributed by atoms with van der Waals surface area (Å²) >= 11 is 0. The van der Waals surface area contributed by atoms with E-state index in [-0.39, 0.29) is 11.4 Å². The fraction of sp³-hybridized carbons (Fsp3) is 0.440. The minimum absolute atomic E-state index is 0.0190. The lowest BCUT2D eigenvalue weighted by Gasteiger charge is -2.31. The Kier molecular flexibility index (Phi) is 7.56. The molecular weight excluding hydrogens is 528 g/mol. The fourth-order valence-corrected chi connectivity index (χ4v) is 7.34. The van der Waals surface area contributed by atoms with Gasteiger partial charge in [-0.2, -0.15) is 18.2 Å². The highest BCUT2D eigenvalue weighted by Gasteiger charge is 2.51. The first kappa shape index (κ1) is 28.0. The molecule has 3 atom stereocenters. The van der Waals surface area contributed by atoms with Crippen LogP contribution in [0.1, 0.15) is 31.9 Å². The second-order valence-corrected chi connectivity index (χ2v) is 11.7. The van der Waals surface area contributed by atoms with E-state index in [1.807, 2.05) is 0 Å². The third-order valence-electron chi connectivity index (χ3n) is 7.17. The summed E-state index contributed by atoms with van der Waals surface area (Å²) in [5, 5.41) is 5.04. The Morgan fingerprint density at radius 1 is 1.21 bits per heavy atom. The molecule has 1 amide bonds. The molecule has 206 valence electrons. The Hall–Kier alpha value is -3.03. The zero-order valence-electron chi connectivity index (χ0n) is 21.0. The summed E-state index contributed by atoms with van der Waals surface area (Å²) in [6, 6.07) is 6.71. The van der Waals surface area contributed by atoms with Crippen LogP contribution in [0.4, 0.5) is 23.2 Å². The number of ether oxygens (including phenoxy) is 1. The molecule has 8 nitrogen and oxygen atoms in total. The van der Waals surface area contributed by atoms with Crippen molar-refractivity contribution >= 4 is 21.4 Å². The molecule has 1 aliphatic heterocycles. The summed E-state index contributed by atoms with van der Waals surface area (Å²) in [6.07, 6.45) is -1.28. The van der Waals surface area contributed by atoms with Crippen LogP contribution in [0.25, 0.3) is 0 Å². The van der Waals surface area contributed by atoms with Gasteiger partial charge in [-0.15, -0.1) is 0 Å². The van der Waals surface area contributed by atoms with Crippen LogP contribution in [0.3, 0.4) is 0 Å². The van der Waals surface area contributed by atoms with E-state index in [0.717, 1.165) is 24.4 Å². The van der Waals surface area contributed by atoms with Gasteiger partial charge in [-0.1, -0.05) is 6.42 Å². The third kappa shape index (κ3) is 5.14. The van der Waals surface area contributed by atoms with Crippen LogP contribution in [0.15, 0.2) is 59.3 Å². The van der Waals surface area contributed by atoms with Crippen LogP contribution >= 0.6 is 0 Å². The Morgan fingerprint density at radius 2 is 1.89 bits per heavy atom. The zero-order chi connectivity index (χ0) is 27.9. The lowest BCUT2D eigenvalue weighted by Crippen LogP contribution is -2.48. The molecule has 1 aromatic heterocycles. The lowest BCUT2D eigenvalue weighted by atomic mass is 9.87. The van der Waals surface area contributed by atoms with Gasteiger partial charge in [-0.05, 0) is 56.2 Å². The second kappa shape index (κ2) is 10.3. The van der Waals surface area contributed by atoms with Gasteiger partial charge in [0.25, 0.3) is 0 Å². The largest absolute Gasteiger partial charge is 0.433 e. The molecule has 2 heterocycles. The number of carbonyl (C=O) groups excluding carboxylic acids is 1. The molecule has 3 unspecified atom stereocenters. The number of nitrogens with zero attached hydrogens (tertiary/aromatic N) is 3. The number of methoxy groups -OCH3 is 1. The summed E-state index contributed by atoms with van der Waals surface area (Å²) in [7, 11) is -0.778. The van der Waals surface area contributed by atoms with E-state index < -0.39 is 50.3 Å². The number of hydrogen-bond acceptors (Lipinski definition) is 7. The van der Waals surface area contributed by atoms with Gasteiger partial charge in [-0.25, -0.2) is 17.8 Å². The van der Waals surface area contributed by atoms with Crippen LogP contribution in [0.5, 0.6) is 0 Å². The number of benzene rings is 1. The number of amides is 1. The van der Waals surface area contributed by atoms with Crippen molar-refractivity contribution in [3.05, 3.63) is 65.9 Å². The third-order valence-corrected chi connectivity index (χ3v) is 9.61. The monoisotopic (exact) mass is 556 g/mol. The van der Waals surface area contributed by atoms with E-state index in [0.29, 0.717) is 30.5 Å². The number of anilines is 1. The van der Waals surface area contributed by atoms with Crippen molar-refractivity contribution in [3.63, 3.8) is 0 Å². The zero-order valence-corrected chi connectivity index (χ0v) is 21.8. The number of carbonyl (C=O) groups is 1. The first-order valence-electron chi connectivity index (χ1n) is 11.9. The Labute approximate surface area is 218 Å². The van der Waals surface area contributed by atoms with Gasteiger partial charge in [0.05, 0.1) is 27.4 Å². The fourth-order valence-electron chi connectivity index (χ4n) is 5.11. The molecular formula is C25H28F4N4O4S. The standard InChI is InChI=1S/C25H28F4N4O4S/c1-24(12-4-5-21(24)38(35,36)19-9-6-17(26)7-10-19)23(34)31-13-16-15-33(32(2)22(16)37-3)18-8-11-20(30-14-18)25(27,28)29/h6-11,14-15,21-22H,4-5,12-13H2,1-3H3,(H,31,34). The van der Waals surface area contributed by atoms with Crippen LogP contribution in [-0.2, 0) is 25.5 Å². The number of rotatable bonds is 7. The van der Waals surface area contributed by atoms with E-state index in [2.05, 4.69) is 10.3 Å². The van der Waals surface area contributed by atoms with Crippen molar-refractivity contribution in [2.75, 3.05) is 25.7 Å². The number of aromatic nitrogens is 1. The number of likely N-dealkylation sites (N-methyl/N-ethyl adjacent to an activating group) is 1. The van der Waals surface area contributed by atoms with Crippen LogP contribution in [0, 0.1) is 11.2 Å². The lowest BCUT2D eigenvalue weighted by molar-refractivity contribution is -0.141. The van der Waals surface area contributed by atoms with E-state index in [1.54, 1.807) is 30.2 Å². The molecule has 1 aromatic carbocycles. The molecule has 0 saturated heterocycles. The summed E-state index contributed by atoms with van der Waals surface area (Å²) in [5.41, 5.74) is -1.27. The number of halogens is 4. The summed E-state index contributed by atoms with van der Waals surface area (Å²) in [6.45, 7) is 1.63. The molecule has 1 aliphatic carbocycles. The molecule has 13 heteroatoms. The van der Waals surface area contributed by atoms with Crippen molar-refractivity contribution in [1.82, 2.24) is 15.3 Å². The average molecular weight is 557 g/mol. The van der Waals surface area contributed by atoms with Gasteiger partial charge >= 0.3 is 6.18 Å². The Bertz CT molecular complexity index is 1320. The summed E-state index contributed by atoms with van der Waals surface area (Å²) < 4.78 is 84.2. The van der Waals surface area contributed by atoms with Gasteiger partial charge in [0.15, 0.2) is 16.1 Å². The molecule has 1 fully saturated rings. The Balaban J connectivity index is 1.51. The predicted octanol–water partition coefficient (Wildman–Crippen LogP) is 3.91. The molecule has 0 spiro atoms. The van der Waals surface area contributed by atoms with Crippen molar-refractivity contribution in [2.45, 2.75) is 48.7 Å².